The van der Waals surface area contributed by atoms with Gasteiger partial charge in [0.1, 0.15) is 0 Å². The van der Waals surface area contributed by atoms with Gasteiger partial charge in [-0.1, -0.05) is 35.9 Å². The molecule has 1 amide bonds. The normalized spacial score (nSPS) is 10.6. The Morgan fingerprint density at radius 3 is 2.83 bits per heavy atom. The highest BCUT2D eigenvalue weighted by Gasteiger charge is 2.06. The maximum Gasteiger partial charge on any atom is 0.226 e. The Bertz CT molecular complexity index is 874. The lowest BCUT2D eigenvalue weighted by Crippen LogP contribution is -2.16. The first-order valence-corrected chi connectivity index (χ1v) is 8.15. The van der Waals surface area contributed by atoms with Crippen LogP contribution in [0.5, 0.6) is 0 Å². The van der Waals surface area contributed by atoms with E-state index in [4.69, 9.17) is 11.6 Å². The summed E-state index contributed by atoms with van der Waals surface area (Å²) in [6.07, 6.45) is 2.08. The summed E-state index contributed by atoms with van der Waals surface area (Å²) in [5.74, 6) is -0.0566. The monoisotopic (exact) mass is 339 g/mol. The summed E-state index contributed by atoms with van der Waals surface area (Å²) in [5, 5.41) is 7.85. The maximum absolute atomic E-state index is 12.2. The number of para-hydroxylation sites is 1. The van der Waals surface area contributed by atoms with Gasteiger partial charge in [-0.25, -0.2) is 0 Å². The molecule has 0 aliphatic heterocycles. The highest BCUT2D eigenvalue weighted by atomic mass is 35.5. The number of carbonyl (C=O) groups excluding carboxylic acids is 1. The number of rotatable bonds is 5. The van der Waals surface area contributed by atoms with Crippen LogP contribution in [0, 0.1) is 6.92 Å². The van der Waals surface area contributed by atoms with Crippen molar-refractivity contribution in [2.75, 3.05) is 17.2 Å². The van der Waals surface area contributed by atoms with Gasteiger partial charge in [0.25, 0.3) is 0 Å². The molecule has 1 aromatic heterocycles. The molecule has 0 aliphatic rings. The molecule has 0 radical (unpaired) electrons. The van der Waals surface area contributed by atoms with Crippen molar-refractivity contribution in [1.29, 1.82) is 0 Å². The largest absolute Gasteiger partial charge is 0.384 e. The number of hydrogen-bond donors (Lipinski definition) is 2. The third kappa shape index (κ3) is 3.84. The van der Waals surface area contributed by atoms with E-state index in [1.807, 2.05) is 55.5 Å². The zero-order valence-corrected chi connectivity index (χ0v) is 14.1. The first-order chi connectivity index (χ1) is 11.6. The smallest absolute Gasteiger partial charge is 0.226 e. The van der Waals surface area contributed by atoms with E-state index in [0.29, 0.717) is 18.0 Å². The zero-order valence-electron chi connectivity index (χ0n) is 13.3. The molecule has 2 N–H and O–H groups in total. The summed E-state index contributed by atoms with van der Waals surface area (Å²) in [6.45, 7) is 2.49. The van der Waals surface area contributed by atoms with E-state index in [1.165, 1.54) is 0 Å². The van der Waals surface area contributed by atoms with Gasteiger partial charge in [-0.05, 0) is 36.8 Å². The predicted molar refractivity (Wildman–Crippen MR) is 99.7 cm³/mol. The SMILES string of the molecule is Cc1ccc(NCCC(=O)Nc2cccc3cccnc23)cc1Cl. The molecule has 3 rings (SSSR count). The molecule has 5 heteroatoms. The quantitative estimate of drug-likeness (QED) is 0.712. The van der Waals surface area contributed by atoms with Crippen LogP contribution in [0.2, 0.25) is 5.02 Å². The molecule has 1 heterocycles. The Balaban J connectivity index is 1.58. The molecule has 0 atom stereocenters. The van der Waals surface area contributed by atoms with Crippen LogP contribution in [0.15, 0.2) is 54.7 Å². The van der Waals surface area contributed by atoms with Crippen molar-refractivity contribution >= 4 is 39.8 Å². The molecule has 0 saturated carbocycles. The third-order valence-electron chi connectivity index (χ3n) is 3.76. The topological polar surface area (TPSA) is 54.0 Å². The van der Waals surface area contributed by atoms with Crippen LogP contribution in [0.1, 0.15) is 12.0 Å². The number of amides is 1. The number of anilines is 2. The second kappa shape index (κ2) is 7.32. The fourth-order valence-corrected chi connectivity index (χ4v) is 2.62. The predicted octanol–water partition coefficient (Wildman–Crippen LogP) is 4.64. The summed E-state index contributed by atoms with van der Waals surface area (Å²) in [4.78, 5) is 16.5. The Hall–Kier alpha value is -2.59. The number of pyridine rings is 1. The maximum atomic E-state index is 12.2. The van der Waals surface area contributed by atoms with Crippen LogP contribution in [0.3, 0.4) is 0 Å². The summed E-state index contributed by atoms with van der Waals surface area (Å²) >= 11 is 6.09. The first-order valence-electron chi connectivity index (χ1n) is 7.77. The van der Waals surface area contributed by atoms with E-state index < -0.39 is 0 Å². The van der Waals surface area contributed by atoms with E-state index in [-0.39, 0.29) is 5.91 Å². The molecule has 3 aromatic rings. The summed E-state index contributed by atoms with van der Waals surface area (Å²) in [6, 6.07) is 15.4. The Labute approximate surface area is 145 Å². The van der Waals surface area contributed by atoms with Crippen LogP contribution in [-0.2, 0) is 4.79 Å². The number of aryl methyl sites for hydroxylation is 1. The molecule has 2 aromatic carbocycles. The van der Waals surface area contributed by atoms with Crippen molar-refractivity contribution in [3.05, 3.63) is 65.3 Å². The van der Waals surface area contributed by atoms with E-state index in [9.17, 15) is 4.79 Å². The molecule has 4 nitrogen and oxygen atoms in total. The number of carbonyl (C=O) groups is 1. The number of benzene rings is 2. The van der Waals surface area contributed by atoms with Gasteiger partial charge in [0.2, 0.25) is 5.91 Å². The second-order valence-corrected chi connectivity index (χ2v) is 5.98. The number of aromatic nitrogens is 1. The second-order valence-electron chi connectivity index (χ2n) is 5.57. The molecule has 0 fully saturated rings. The third-order valence-corrected chi connectivity index (χ3v) is 4.17. The van der Waals surface area contributed by atoms with Crippen molar-refractivity contribution in [3.8, 4) is 0 Å². The molecule has 0 bridgehead atoms. The number of nitrogens with zero attached hydrogens (tertiary/aromatic N) is 1. The van der Waals surface area contributed by atoms with Crippen molar-refractivity contribution in [1.82, 2.24) is 4.98 Å². The molecule has 0 unspecified atom stereocenters. The van der Waals surface area contributed by atoms with Crippen LogP contribution < -0.4 is 10.6 Å². The van der Waals surface area contributed by atoms with Crippen LogP contribution in [0.4, 0.5) is 11.4 Å². The molecule has 0 aliphatic carbocycles. The van der Waals surface area contributed by atoms with Gasteiger partial charge < -0.3 is 10.6 Å². The van der Waals surface area contributed by atoms with E-state index in [1.54, 1.807) is 6.20 Å². The molecular formula is C19H18ClN3O. The standard InChI is InChI=1S/C19H18ClN3O/c1-13-7-8-15(12-16(13)20)21-11-9-18(24)23-17-6-2-4-14-5-3-10-22-19(14)17/h2-8,10,12,21H,9,11H2,1H3,(H,23,24). The lowest BCUT2D eigenvalue weighted by Gasteiger charge is -2.10. The highest BCUT2D eigenvalue weighted by Crippen LogP contribution is 2.21. The van der Waals surface area contributed by atoms with Gasteiger partial charge in [0.05, 0.1) is 11.2 Å². The lowest BCUT2D eigenvalue weighted by atomic mass is 10.2. The summed E-state index contributed by atoms with van der Waals surface area (Å²) in [5.41, 5.74) is 3.47. The van der Waals surface area contributed by atoms with E-state index in [2.05, 4.69) is 15.6 Å². The van der Waals surface area contributed by atoms with Crippen molar-refractivity contribution in [2.45, 2.75) is 13.3 Å². The molecule has 24 heavy (non-hydrogen) atoms. The number of fused-ring (bicyclic) bond motifs is 1. The van der Waals surface area contributed by atoms with Gasteiger partial charge in [0, 0.05) is 35.3 Å². The summed E-state index contributed by atoms with van der Waals surface area (Å²) < 4.78 is 0. The van der Waals surface area contributed by atoms with Crippen molar-refractivity contribution in [3.63, 3.8) is 0 Å². The zero-order chi connectivity index (χ0) is 16.9. The van der Waals surface area contributed by atoms with Gasteiger partial charge >= 0.3 is 0 Å². The van der Waals surface area contributed by atoms with Gasteiger partial charge in [-0.2, -0.15) is 0 Å². The van der Waals surface area contributed by atoms with Crippen LogP contribution >= 0.6 is 11.6 Å². The van der Waals surface area contributed by atoms with Gasteiger partial charge in [-0.15, -0.1) is 0 Å². The highest BCUT2D eigenvalue weighted by molar-refractivity contribution is 6.31. The molecule has 0 spiro atoms. The fraction of sp³-hybridized carbons (Fsp3) is 0.158. The minimum absolute atomic E-state index is 0.0566. The first kappa shape index (κ1) is 16.3. The average Bonchev–Trinajstić information content (AvgIpc) is 2.58. The van der Waals surface area contributed by atoms with Crippen LogP contribution in [-0.4, -0.2) is 17.4 Å². The average molecular weight is 340 g/mol. The molecule has 0 saturated heterocycles. The van der Waals surface area contributed by atoms with Gasteiger partial charge in [-0.3, -0.25) is 9.78 Å². The Morgan fingerprint density at radius 1 is 1.17 bits per heavy atom. The fourth-order valence-electron chi connectivity index (χ4n) is 2.44. The summed E-state index contributed by atoms with van der Waals surface area (Å²) in [7, 11) is 0. The number of nitrogens with one attached hydrogen (secondary N) is 2. The van der Waals surface area contributed by atoms with Crippen molar-refractivity contribution in [2.24, 2.45) is 0 Å². The van der Waals surface area contributed by atoms with E-state index in [0.717, 1.165) is 27.8 Å². The number of halogens is 1. The van der Waals surface area contributed by atoms with Crippen molar-refractivity contribution < 1.29 is 4.79 Å². The minimum Gasteiger partial charge on any atom is -0.384 e. The van der Waals surface area contributed by atoms with E-state index >= 15 is 0 Å². The Morgan fingerprint density at radius 2 is 2.00 bits per heavy atom. The molecule has 122 valence electrons. The lowest BCUT2D eigenvalue weighted by molar-refractivity contribution is -0.115. The Kier molecular flexibility index (Phi) is 4.96. The molecular weight excluding hydrogens is 322 g/mol. The van der Waals surface area contributed by atoms with Gasteiger partial charge in [0.15, 0.2) is 0 Å². The van der Waals surface area contributed by atoms with Crippen LogP contribution in [0.25, 0.3) is 10.9 Å². The number of hydrogen-bond acceptors (Lipinski definition) is 3. The minimum atomic E-state index is -0.0566.